The van der Waals surface area contributed by atoms with Gasteiger partial charge in [-0.3, -0.25) is 0 Å². The molecule has 3 heteroatoms. The van der Waals surface area contributed by atoms with E-state index < -0.39 is 0 Å². The molecule has 0 spiro atoms. The van der Waals surface area contributed by atoms with Gasteiger partial charge in [-0.15, -0.1) is 0 Å². The lowest BCUT2D eigenvalue weighted by atomic mass is 9.93. The molecule has 9 rings (SSSR count). The van der Waals surface area contributed by atoms with Gasteiger partial charge in [-0.1, -0.05) is 133 Å². The van der Waals surface area contributed by atoms with Crippen molar-refractivity contribution >= 4 is 43.8 Å². The lowest BCUT2D eigenvalue weighted by Crippen LogP contribution is -1.93. The second kappa shape index (κ2) is 10.5. The SMILES string of the molecule is [C-]#[N+]c1ccc2c3cccc4c5ccc(C#N)c(-c6cccc(-c7ccccc7)c6)c5n(c2c1-c1cccc(-c2ccccc2)c1)c43. The minimum absolute atomic E-state index is 0.598. The van der Waals surface area contributed by atoms with Gasteiger partial charge in [0.25, 0.3) is 0 Å². The summed E-state index contributed by atoms with van der Waals surface area (Å²) < 4.78 is 2.33. The molecule has 216 valence electrons. The van der Waals surface area contributed by atoms with Gasteiger partial charge in [0, 0.05) is 32.7 Å². The lowest BCUT2D eigenvalue weighted by molar-refractivity contribution is 1.36. The predicted molar refractivity (Wildman–Crippen MR) is 194 cm³/mol. The van der Waals surface area contributed by atoms with Crippen LogP contribution in [-0.4, -0.2) is 4.40 Å². The summed E-state index contributed by atoms with van der Waals surface area (Å²) in [6, 6.07) is 54.7. The first-order valence-corrected chi connectivity index (χ1v) is 15.6. The fourth-order valence-corrected chi connectivity index (χ4v) is 7.36. The topological polar surface area (TPSA) is 32.6 Å². The summed E-state index contributed by atoms with van der Waals surface area (Å²) in [5, 5.41) is 15.0. The van der Waals surface area contributed by atoms with Crippen molar-refractivity contribution in [3.05, 3.63) is 169 Å². The molecule has 0 bridgehead atoms. The number of nitrogens with zero attached hydrogens (tertiary/aromatic N) is 3. The Morgan fingerprint density at radius 1 is 0.447 bits per heavy atom. The number of benzene rings is 7. The summed E-state index contributed by atoms with van der Waals surface area (Å²) >= 11 is 0. The van der Waals surface area contributed by atoms with Gasteiger partial charge in [-0.05, 0) is 51.6 Å². The van der Waals surface area contributed by atoms with Crippen LogP contribution in [0.15, 0.2) is 152 Å². The van der Waals surface area contributed by atoms with E-state index in [0.717, 1.165) is 82.6 Å². The summed E-state index contributed by atoms with van der Waals surface area (Å²) in [4.78, 5) is 4.06. The van der Waals surface area contributed by atoms with Gasteiger partial charge in [0.1, 0.15) is 0 Å². The van der Waals surface area contributed by atoms with Gasteiger partial charge in [0.2, 0.25) is 0 Å². The van der Waals surface area contributed by atoms with E-state index in [1.165, 1.54) is 0 Å². The Bertz CT molecular complexity index is 2550. The minimum Gasteiger partial charge on any atom is -0.308 e. The highest BCUT2D eigenvalue weighted by Gasteiger charge is 2.25. The summed E-state index contributed by atoms with van der Waals surface area (Å²) in [5.41, 5.74) is 12.5. The highest BCUT2D eigenvalue weighted by Crippen LogP contribution is 2.48. The van der Waals surface area contributed by atoms with Crippen LogP contribution in [0.4, 0.5) is 5.69 Å². The Balaban J connectivity index is 1.44. The van der Waals surface area contributed by atoms with Crippen molar-refractivity contribution < 1.29 is 0 Å². The number of para-hydroxylation sites is 1. The highest BCUT2D eigenvalue weighted by molar-refractivity contribution is 6.27. The Morgan fingerprint density at radius 2 is 0.915 bits per heavy atom. The van der Waals surface area contributed by atoms with Gasteiger partial charge >= 0.3 is 0 Å². The Morgan fingerprint density at radius 3 is 1.49 bits per heavy atom. The van der Waals surface area contributed by atoms with Gasteiger partial charge in [-0.25, -0.2) is 4.85 Å². The number of fused-ring (bicyclic) bond motifs is 6. The number of nitriles is 1. The third-order valence-electron chi connectivity index (χ3n) is 9.38. The molecule has 0 fully saturated rings. The lowest BCUT2D eigenvalue weighted by Gasteiger charge is -2.13. The zero-order valence-corrected chi connectivity index (χ0v) is 25.3. The van der Waals surface area contributed by atoms with Crippen molar-refractivity contribution in [3.63, 3.8) is 0 Å². The van der Waals surface area contributed by atoms with E-state index in [2.05, 4.69) is 118 Å². The molecule has 0 unspecified atom stereocenters. The first-order valence-electron chi connectivity index (χ1n) is 15.6. The molecule has 0 amide bonds. The second-order valence-corrected chi connectivity index (χ2v) is 11.9. The number of hydrogen-bond donors (Lipinski definition) is 0. The van der Waals surface area contributed by atoms with Gasteiger partial charge in [-0.2, -0.15) is 5.26 Å². The average Bonchev–Trinajstić information content (AvgIpc) is 3.67. The fourth-order valence-electron chi connectivity index (χ4n) is 7.36. The van der Waals surface area contributed by atoms with Gasteiger partial charge in [0.05, 0.1) is 34.8 Å². The van der Waals surface area contributed by atoms with E-state index in [-0.39, 0.29) is 0 Å². The fraction of sp³-hybridized carbons (Fsp3) is 0. The molecular formula is C44H25N3. The van der Waals surface area contributed by atoms with Crippen molar-refractivity contribution in [3.8, 4) is 50.6 Å². The molecule has 0 aliphatic heterocycles. The Hall–Kier alpha value is -6.68. The monoisotopic (exact) mass is 595 g/mol. The van der Waals surface area contributed by atoms with Crippen molar-refractivity contribution in [2.45, 2.75) is 0 Å². The van der Waals surface area contributed by atoms with E-state index in [1.807, 2.05) is 48.5 Å². The summed E-state index contributed by atoms with van der Waals surface area (Å²) in [5.74, 6) is 0. The van der Waals surface area contributed by atoms with Crippen LogP contribution in [-0.2, 0) is 0 Å². The van der Waals surface area contributed by atoms with Gasteiger partial charge < -0.3 is 4.40 Å². The quantitative estimate of drug-likeness (QED) is 0.186. The molecule has 2 aromatic heterocycles. The van der Waals surface area contributed by atoms with Crippen LogP contribution in [0.1, 0.15) is 5.56 Å². The molecular weight excluding hydrogens is 571 g/mol. The molecule has 0 saturated carbocycles. The Labute approximate surface area is 272 Å². The van der Waals surface area contributed by atoms with Crippen molar-refractivity contribution in [2.75, 3.05) is 0 Å². The second-order valence-electron chi connectivity index (χ2n) is 11.9. The standard InChI is InChI=1S/C44H25N3/c1-46-39-24-23-38-36-20-10-19-35-37-22-21-34(27-45)40(32-17-8-15-30(25-32)28-11-4-2-5-12-28)43(37)47(42(35)36)44(38)41(39)33-18-9-16-31(26-33)29-13-6-3-7-14-29/h2-26H. The Kier molecular flexibility index (Phi) is 5.94. The zero-order valence-electron chi connectivity index (χ0n) is 25.3. The first-order chi connectivity index (χ1) is 23.2. The molecule has 3 nitrogen and oxygen atoms in total. The molecule has 0 aliphatic rings. The molecule has 2 heterocycles. The first kappa shape index (κ1) is 26.7. The van der Waals surface area contributed by atoms with Crippen molar-refractivity contribution in [1.29, 1.82) is 5.26 Å². The molecule has 0 radical (unpaired) electrons. The smallest absolute Gasteiger partial charge is 0.197 e. The largest absolute Gasteiger partial charge is 0.308 e. The third kappa shape index (κ3) is 3.98. The molecule has 0 atom stereocenters. The van der Waals surface area contributed by atoms with E-state index in [0.29, 0.717) is 11.3 Å². The summed E-state index contributed by atoms with van der Waals surface area (Å²) in [6.07, 6.45) is 0. The summed E-state index contributed by atoms with van der Waals surface area (Å²) in [6.45, 7) is 8.27. The summed E-state index contributed by atoms with van der Waals surface area (Å²) in [7, 11) is 0. The number of rotatable bonds is 4. The number of aromatic nitrogens is 1. The van der Waals surface area contributed by atoms with Crippen LogP contribution in [0.25, 0.3) is 87.4 Å². The normalized spacial score (nSPS) is 11.4. The minimum atomic E-state index is 0.598. The molecule has 7 aromatic carbocycles. The highest BCUT2D eigenvalue weighted by atomic mass is 14.9. The van der Waals surface area contributed by atoms with E-state index >= 15 is 0 Å². The zero-order chi connectivity index (χ0) is 31.5. The van der Waals surface area contributed by atoms with E-state index in [4.69, 9.17) is 6.57 Å². The molecule has 9 aromatic rings. The van der Waals surface area contributed by atoms with Crippen LogP contribution < -0.4 is 0 Å². The maximum Gasteiger partial charge on any atom is 0.197 e. The van der Waals surface area contributed by atoms with Crippen LogP contribution in [0.5, 0.6) is 0 Å². The third-order valence-corrected chi connectivity index (χ3v) is 9.38. The number of hydrogen-bond acceptors (Lipinski definition) is 1. The van der Waals surface area contributed by atoms with Gasteiger partial charge in [0.15, 0.2) is 5.69 Å². The predicted octanol–water partition coefficient (Wildman–Crippen LogP) is 11.9. The molecule has 47 heavy (non-hydrogen) atoms. The average molecular weight is 596 g/mol. The van der Waals surface area contributed by atoms with Crippen LogP contribution in [0.3, 0.4) is 0 Å². The van der Waals surface area contributed by atoms with Crippen LogP contribution in [0, 0.1) is 17.9 Å². The van der Waals surface area contributed by atoms with Crippen LogP contribution in [0.2, 0.25) is 0 Å². The molecule has 0 saturated heterocycles. The van der Waals surface area contributed by atoms with Crippen molar-refractivity contribution in [2.24, 2.45) is 0 Å². The van der Waals surface area contributed by atoms with E-state index in [1.54, 1.807) is 0 Å². The maximum absolute atomic E-state index is 10.5. The maximum atomic E-state index is 10.5. The molecule has 0 N–H and O–H groups in total. The van der Waals surface area contributed by atoms with Crippen LogP contribution >= 0.6 is 0 Å². The van der Waals surface area contributed by atoms with E-state index in [9.17, 15) is 5.26 Å². The molecule has 0 aliphatic carbocycles. The van der Waals surface area contributed by atoms with Crippen molar-refractivity contribution in [1.82, 2.24) is 4.40 Å².